The first-order chi connectivity index (χ1) is 15.0. The summed E-state index contributed by atoms with van der Waals surface area (Å²) in [5, 5.41) is 15.6. The summed E-state index contributed by atoms with van der Waals surface area (Å²) < 4.78 is 5.54. The van der Waals surface area contributed by atoms with E-state index in [1.165, 1.54) is 16.2 Å². The van der Waals surface area contributed by atoms with Gasteiger partial charge in [-0.3, -0.25) is 9.59 Å². The van der Waals surface area contributed by atoms with Gasteiger partial charge in [0.2, 0.25) is 0 Å². The Labute approximate surface area is 184 Å². The number of nitrogens with one attached hydrogen (secondary N) is 2. The highest BCUT2D eigenvalue weighted by Gasteiger charge is 2.23. The van der Waals surface area contributed by atoms with Crippen molar-refractivity contribution in [3.8, 4) is 11.8 Å². The van der Waals surface area contributed by atoms with Crippen LogP contribution < -0.4 is 15.4 Å². The van der Waals surface area contributed by atoms with Crippen molar-refractivity contribution in [3.05, 3.63) is 75.7 Å². The molecule has 4 rings (SSSR count). The molecule has 0 bridgehead atoms. The van der Waals surface area contributed by atoms with E-state index in [1.807, 2.05) is 31.2 Å². The molecule has 0 saturated heterocycles. The van der Waals surface area contributed by atoms with Crippen LogP contribution in [0.15, 0.2) is 48.5 Å². The van der Waals surface area contributed by atoms with Gasteiger partial charge in [0.1, 0.15) is 16.8 Å². The lowest BCUT2D eigenvalue weighted by Crippen LogP contribution is -2.20. The number of nitrogens with zero attached hydrogens (tertiary/aromatic N) is 1. The Kier molecular flexibility index (Phi) is 6.01. The fourth-order valence-electron chi connectivity index (χ4n) is 3.46. The molecular weight excluding hydrogens is 410 g/mol. The third-order valence-electron chi connectivity index (χ3n) is 5.08. The molecule has 156 valence electrons. The monoisotopic (exact) mass is 431 g/mol. The number of thiophene rings is 1. The van der Waals surface area contributed by atoms with E-state index in [9.17, 15) is 14.9 Å². The number of anilines is 2. The molecule has 0 aliphatic heterocycles. The first-order valence-electron chi connectivity index (χ1n) is 9.99. The second kappa shape index (κ2) is 9.02. The van der Waals surface area contributed by atoms with Crippen molar-refractivity contribution in [2.24, 2.45) is 0 Å². The van der Waals surface area contributed by atoms with Crippen molar-refractivity contribution in [1.29, 1.82) is 5.26 Å². The maximum Gasteiger partial charge on any atom is 0.262 e. The number of nitriles is 1. The van der Waals surface area contributed by atoms with Crippen molar-refractivity contribution >= 4 is 33.8 Å². The van der Waals surface area contributed by atoms with Crippen LogP contribution in [-0.4, -0.2) is 18.4 Å². The van der Waals surface area contributed by atoms with Gasteiger partial charge >= 0.3 is 0 Å². The number of carbonyl (C=O) groups excluding carboxylic acids is 2. The van der Waals surface area contributed by atoms with E-state index in [4.69, 9.17) is 4.74 Å². The number of carbonyl (C=O) groups is 2. The Morgan fingerprint density at radius 3 is 2.52 bits per heavy atom. The molecule has 1 heterocycles. The zero-order chi connectivity index (χ0) is 21.8. The van der Waals surface area contributed by atoms with Crippen molar-refractivity contribution in [2.75, 3.05) is 17.2 Å². The minimum atomic E-state index is -0.322. The number of ether oxygens (including phenoxy) is 1. The fourth-order valence-corrected chi connectivity index (χ4v) is 4.72. The molecule has 1 aliphatic carbocycles. The summed E-state index contributed by atoms with van der Waals surface area (Å²) in [5.74, 6) is -0.0586. The molecular formula is C24H21N3O3S. The van der Waals surface area contributed by atoms with Gasteiger partial charge in [0.15, 0.2) is 6.61 Å². The number of hydrogen-bond acceptors (Lipinski definition) is 5. The third kappa shape index (κ3) is 4.76. The number of hydrogen-bond donors (Lipinski definition) is 2. The topological polar surface area (TPSA) is 91.2 Å². The quantitative estimate of drug-likeness (QED) is 0.592. The van der Waals surface area contributed by atoms with Gasteiger partial charge in [-0.1, -0.05) is 17.7 Å². The van der Waals surface area contributed by atoms with Gasteiger partial charge in [0.25, 0.3) is 11.8 Å². The highest BCUT2D eigenvalue weighted by molar-refractivity contribution is 7.16. The molecule has 0 atom stereocenters. The number of benzene rings is 2. The van der Waals surface area contributed by atoms with E-state index < -0.39 is 0 Å². The molecule has 31 heavy (non-hydrogen) atoms. The maximum absolute atomic E-state index is 12.4. The molecule has 0 radical (unpaired) electrons. The minimum Gasteiger partial charge on any atom is -0.484 e. The van der Waals surface area contributed by atoms with Crippen LogP contribution in [0.1, 0.15) is 38.3 Å². The Hall–Kier alpha value is -3.63. The van der Waals surface area contributed by atoms with Gasteiger partial charge in [0.05, 0.1) is 5.56 Å². The van der Waals surface area contributed by atoms with Crippen LogP contribution >= 0.6 is 11.3 Å². The number of rotatable bonds is 6. The van der Waals surface area contributed by atoms with E-state index in [2.05, 4.69) is 16.7 Å². The van der Waals surface area contributed by atoms with Crippen molar-refractivity contribution < 1.29 is 14.3 Å². The van der Waals surface area contributed by atoms with Crippen LogP contribution in [-0.2, 0) is 17.6 Å². The summed E-state index contributed by atoms with van der Waals surface area (Å²) in [6, 6.07) is 16.4. The molecule has 6 nitrogen and oxygen atoms in total. The lowest BCUT2D eigenvalue weighted by atomic mass is 10.1. The molecule has 3 aromatic rings. The molecule has 2 N–H and O–H groups in total. The van der Waals surface area contributed by atoms with E-state index in [1.54, 1.807) is 24.3 Å². The van der Waals surface area contributed by atoms with Gasteiger partial charge in [-0.05, 0) is 68.1 Å². The second-order valence-corrected chi connectivity index (χ2v) is 8.46. The first kappa shape index (κ1) is 20.6. The van der Waals surface area contributed by atoms with E-state index >= 15 is 0 Å². The summed E-state index contributed by atoms with van der Waals surface area (Å²) in [6.07, 6.45) is 2.92. The Balaban J connectivity index is 1.31. The predicted molar refractivity (Wildman–Crippen MR) is 121 cm³/mol. The van der Waals surface area contributed by atoms with E-state index in [0.717, 1.165) is 36.1 Å². The average molecular weight is 432 g/mol. The minimum absolute atomic E-state index is 0.178. The summed E-state index contributed by atoms with van der Waals surface area (Å²) in [7, 11) is 0. The molecule has 0 spiro atoms. The van der Waals surface area contributed by atoms with Crippen LogP contribution in [0.2, 0.25) is 0 Å². The van der Waals surface area contributed by atoms with Crippen molar-refractivity contribution in [3.63, 3.8) is 0 Å². The molecule has 1 aliphatic rings. The number of aryl methyl sites for hydroxylation is 2. The molecule has 2 aromatic carbocycles. The summed E-state index contributed by atoms with van der Waals surface area (Å²) >= 11 is 1.48. The van der Waals surface area contributed by atoms with E-state index in [0.29, 0.717) is 21.9 Å². The smallest absolute Gasteiger partial charge is 0.262 e. The summed E-state index contributed by atoms with van der Waals surface area (Å²) in [6.45, 7) is 1.81. The van der Waals surface area contributed by atoms with Crippen LogP contribution in [0, 0.1) is 18.3 Å². The largest absolute Gasteiger partial charge is 0.484 e. The molecule has 1 aromatic heterocycles. The zero-order valence-corrected chi connectivity index (χ0v) is 17.8. The van der Waals surface area contributed by atoms with Gasteiger partial charge in [-0.15, -0.1) is 11.3 Å². The molecule has 0 fully saturated rings. The summed E-state index contributed by atoms with van der Waals surface area (Å²) in [5.41, 5.74) is 3.99. The lowest BCUT2D eigenvalue weighted by Gasteiger charge is -2.09. The van der Waals surface area contributed by atoms with Crippen molar-refractivity contribution in [1.82, 2.24) is 0 Å². The summed E-state index contributed by atoms with van der Waals surface area (Å²) in [4.78, 5) is 25.8. The molecule has 0 unspecified atom stereocenters. The van der Waals surface area contributed by atoms with Gasteiger partial charge in [-0.25, -0.2) is 0 Å². The number of fused-ring (bicyclic) bond motifs is 1. The first-order valence-corrected chi connectivity index (χ1v) is 10.8. The standard InChI is InChI=1S/C24H21N3O3S/c1-15-5-9-17(10-6-15)26-23(29)16-7-11-18(12-8-16)30-14-22(28)27-24-20(13-25)19-3-2-4-21(19)31-24/h5-12H,2-4,14H2,1H3,(H,26,29)(H,27,28). The Morgan fingerprint density at radius 2 is 1.81 bits per heavy atom. The highest BCUT2D eigenvalue weighted by atomic mass is 32.1. The van der Waals surface area contributed by atoms with Crippen molar-refractivity contribution in [2.45, 2.75) is 26.2 Å². The van der Waals surface area contributed by atoms with Gasteiger partial charge in [0, 0.05) is 16.1 Å². The van der Waals surface area contributed by atoms with E-state index in [-0.39, 0.29) is 18.4 Å². The molecule has 2 amide bonds. The van der Waals surface area contributed by atoms with Gasteiger partial charge < -0.3 is 15.4 Å². The lowest BCUT2D eigenvalue weighted by molar-refractivity contribution is -0.118. The number of amides is 2. The van der Waals surface area contributed by atoms with Crippen LogP contribution in [0.3, 0.4) is 0 Å². The average Bonchev–Trinajstić information content (AvgIpc) is 3.35. The molecule has 0 saturated carbocycles. The normalized spacial score (nSPS) is 12.0. The predicted octanol–water partition coefficient (Wildman–Crippen LogP) is 4.69. The second-order valence-electron chi connectivity index (χ2n) is 7.35. The Bertz CT molecular complexity index is 1160. The molecule has 7 heteroatoms. The fraction of sp³-hybridized carbons (Fsp3) is 0.208. The zero-order valence-electron chi connectivity index (χ0n) is 17.0. The van der Waals surface area contributed by atoms with Crippen LogP contribution in [0.25, 0.3) is 0 Å². The maximum atomic E-state index is 12.4. The SMILES string of the molecule is Cc1ccc(NC(=O)c2ccc(OCC(=O)Nc3sc4c(c3C#N)CCC4)cc2)cc1. The van der Waals surface area contributed by atoms with Gasteiger partial charge in [-0.2, -0.15) is 5.26 Å². The van der Waals surface area contributed by atoms with Crippen LogP contribution in [0.5, 0.6) is 5.75 Å². The van der Waals surface area contributed by atoms with Crippen LogP contribution in [0.4, 0.5) is 10.7 Å². The Morgan fingerprint density at radius 1 is 1.06 bits per heavy atom. The third-order valence-corrected chi connectivity index (χ3v) is 6.29. The highest BCUT2D eigenvalue weighted by Crippen LogP contribution is 2.38.